The highest BCUT2D eigenvalue weighted by Gasteiger charge is 2.31. The fourth-order valence-corrected chi connectivity index (χ4v) is 4.71. The first kappa shape index (κ1) is 23.7. The molecule has 36 heavy (non-hydrogen) atoms. The van der Waals surface area contributed by atoms with Gasteiger partial charge >= 0.3 is 6.18 Å². The molecule has 5 rings (SSSR count). The number of rotatable bonds is 5. The third-order valence-corrected chi connectivity index (χ3v) is 6.52. The number of amides is 1. The monoisotopic (exact) mass is 492 g/mol. The standard InChI is InChI=1S/C28H23F3N2O3/c1-36-24-13-11-23(12-14-24)33(26(34)19-7-9-22(10-8-19)28(29,30)31)17-21-16-20-5-2-4-18-6-3-15-32(25(18)20)27(21)35/h2,4-5,7-14,16H,3,6,15,17H2,1H3. The number of pyridine rings is 1. The highest BCUT2D eigenvalue weighted by atomic mass is 19.4. The number of methoxy groups -OCH3 is 1. The molecular weight excluding hydrogens is 469 g/mol. The summed E-state index contributed by atoms with van der Waals surface area (Å²) in [6.07, 6.45) is -2.75. The van der Waals surface area contributed by atoms with Gasteiger partial charge in [-0.1, -0.05) is 18.2 Å². The first-order chi connectivity index (χ1) is 17.3. The van der Waals surface area contributed by atoms with Gasteiger partial charge in [0.15, 0.2) is 0 Å². The van der Waals surface area contributed by atoms with Gasteiger partial charge in [-0.2, -0.15) is 13.2 Å². The van der Waals surface area contributed by atoms with Gasteiger partial charge in [-0.3, -0.25) is 9.59 Å². The average molecular weight is 492 g/mol. The molecule has 5 nitrogen and oxygen atoms in total. The number of benzene rings is 3. The van der Waals surface area contributed by atoms with Gasteiger partial charge in [0.05, 0.1) is 24.7 Å². The van der Waals surface area contributed by atoms with E-state index in [1.54, 1.807) is 34.9 Å². The van der Waals surface area contributed by atoms with Gasteiger partial charge in [-0.15, -0.1) is 0 Å². The Morgan fingerprint density at radius 1 is 1.03 bits per heavy atom. The van der Waals surface area contributed by atoms with Crippen LogP contribution < -0.4 is 15.2 Å². The number of ether oxygens (including phenoxy) is 1. The molecule has 1 aliphatic heterocycles. The first-order valence-corrected chi connectivity index (χ1v) is 11.5. The number of hydrogen-bond acceptors (Lipinski definition) is 3. The van der Waals surface area contributed by atoms with Gasteiger partial charge in [0, 0.05) is 23.4 Å². The van der Waals surface area contributed by atoms with Crippen LogP contribution in [-0.4, -0.2) is 17.6 Å². The van der Waals surface area contributed by atoms with E-state index in [-0.39, 0.29) is 17.7 Å². The Labute approximate surface area is 205 Å². The van der Waals surface area contributed by atoms with Crippen molar-refractivity contribution in [2.24, 2.45) is 0 Å². The molecule has 0 fully saturated rings. The van der Waals surface area contributed by atoms with Gasteiger partial charge in [0.2, 0.25) is 0 Å². The van der Waals surface area contributed by atoms with E-state index in [1.807, 2.05) is 18.2 Å². The van der Waals surface area contributed by atoms with Gasteiger partial charge in [-0.25, -0.2) is 0 Å². The summed E-state index contributed by atoms with van der Waals surface area (Å²) in [5, 5.41) is 0.915. The Bertz CT molecular complexity index is 1490. The van der Waals surface area contributed by atoms with Crippen LogP contribution in [0, 0.1) is 0 Å². The molecular formula is C28H23F3N2O3. The third kappa shape index (κ3) is 4.34. The maximum Gasteiger partial charge on any atom is 0.416 e. The van der Waals surface area contributed by atoms with E-state index in [1.165, 1.54) is 12.0 Å². The van der Waals surface area contributed by atoms with Crippen molar-refractivity contribution >= 4 is 22.5 Å². The highest BCUT2D eigenvalue weighted by Crippen LogP contribution is 2.30. The molecule has 2 heterocycles. The van der Waals surface area contributed by atoms with Crippen molar-refractivity contribution in [3.05, 3.63) is 105 Å². The molecule has 1 aliphatic rings. The van der Waals surface area contributed by atoms with E-state index >= 15 is 0 Å². The number of anilines is 1. The Hall–Kier alpha value is -4.07. The number of para-hydroxylation sites is 1. The average Bonchev–Trinajstić information content (AvgIpc) is 2.89. The minimum Gasteiger partial charge on any atom is -0.497 e. The maximum atomic E-state index is 13.6. The molecule has 184 valence electrons. The van der Waals surface area contributed by atoms with Crippen LogP contribution in [0.2, 0.25) is 0 Å². The predicted molar refractivity (Wildman–Crippen MR) is 131 cm³/mol. The van der Waals surface area contributed by atoms with E-state index < -0.39 is 17.6 Å². The Balaban J connectivity index is 1.58. The van der Waals surface area contributed by atoms with Crippen LogP contribution in [0.4, 0.5) is 18.9 Å². The van der Waals surface area contributed by atoms with Crippen LogP contribution in [0.5, 0.6) is 5.75 Å². The zero-order valence-electron chi connectivity index (χ0n) is 19.5. The van der Waals surface area contributed by atoms with Crippen LogP contribution in [0.3, 0.4) is 0 Å². The molecule has 0 bridgehead atoms. The summed E-state index contributed by atoms with van der Waals surface area (Å²) >= 11 is 0. The second-order valence-electron chi connectivity index (χ2n) is 8.75. The Morgan fingerprint density at radius 3 is 2.42 bits per heavy atom. The molecule has 0 unspecified atom stereocenters. The minimum atomic E-state index is -4.50. The smallest absolute Gasteiger partial charge is 0.416 e. The van der Waals surface area contributed by atoms with Crippen LogP contribution in [0.25, 0.3) is 10.9 Å². The number of nitrogens with zero attached hydrogens (tertiary/aromatic N) is 2. The molecule has 3 aromatic carbocycles. The van der Waals surface area contributed by atoms with E-state index in [9.17, 15) is 22.8 Å². The molecule has 1 aromatic heterocycles. The second kappa shape index (κ2) is 9.18. The summed E-state index contributed by atoms with van der Waals surface area (Å²) in [5.41, 5.74) is 2.04. The quantitative estimate of drug-likeness (QED) is 0.353. The van der Waals surface area contributed by atoms with Gasteiger partial charge < -0.3 is 14.2 Å². The van der Waals surface area contributed by atoms with Crippen LogP contribution >= 0.6 is 0 Å². The number of carbonyl (C=O) groups excluding carboxylic acids is 1. The van der Waals surface area contributed by atoms with E-state index in [0.29, 0.717) is 23.5 Å². The van der Waals surface area contributed by atoms with Gasteiger partial charge in [0.25, 0.3) is 11.5 Å². The lowest BCUT2D eigenvalue weighted by Gasteiger charge is -2.25. The Kier molecular flexibility index (Phi) is 6.04. The molecule has 1 amide bonds. The number of halogens is 3. The van der Waals surface area contributed by atoms with Crippen molar-refractivity contribution in [1.29, 1.82) is 0 Å². The fourth-order valence-electron chi connectivity index (χ4n) is 4.71. The van der Waals surface area contributed by atoms with Gasteiger partial charge in [-0.05, 0) is 78.4 Å². The number of aryl methyl sites for hydroxylation is 2. The fraction of sp³-hybridized carbons (Fsp3) is 0.214. The zero-order chi connectivity index (χ0) is 25.4. The molecule has 0 N–H and O–H groups in total. The largest absolute Gasteiger partial charge is 0.497 e. The molecule has 0 aliphatic carbocycles. The lowest BCUT2D eigenvalue weighted by molar-refractivity contribution is -0.137. The summed E-state index contributed by atoms with van der Waals surface area (Å²) in [6, 6.07) is 18.5. The zero-order valence-corrected chi connectivity index (χ0v) is 19.5. The molecule has 0 saturated heterocycles. The normalized spacial score (nSPS) is 13.0. The molecule has 0 spiro atoms. The molecule has 8 heteroatoms. The number of alkyl halides is 3. The minimum absolute atomic E-state index is 0.0365. The number of aromatic nitrogens is 1. The molecule has 0 radical (unpaired) electrons. The summed E-state index contributed by atoms with van der Waals surface area (Å²) in [5.74, 6) is 0.0733. The van der Waals surface area contributed by atoms with E-state index in [4.69, 9.17) is 4.74 Å². The first-order valence-electron chi connectivity index (χ1n) is 11.5. The topological polar surface area (TPSA) is 51.5 Å². The lowest BCUT2D eigenvalue weighted by Crippen LogP contribution is -2.35. The van der Waals surface area contributed by atoms with Crippen molar-refractivity contribution in [2.75, 3.05) is 12.0 Å². The SMILES string of the molecule is COc1ccc(N(Cc2cc3cccc4c3n(c2=O)CCC4)C(=O)c2ccc(C(F)(F)F)cc2)cc1. The van der Waals surface area contributed by atoms with Crippen molar-refractivity contribution in [1.82, 2.24) is 4.57 Å². The van der Waals surface area contributed by atoms with Crippen LogP contribution in [0.1, 0.15) is 33.5 Å². The predicted octanol–water partition coefficient (Wildman–Crippen LogP) is 5.82. The van der Waals surface area contributed by atoms with Gasteiger partial charge in [0.1, 0.15) is 5.75 Å². The van der Waals surface area contributed by atoms with Crippen molar-refractivity contribution in [3.8, 4) is 5.75 Å². The van der Waals surface area contributed by atoms with E-state index in [2.05, 4.69) is 0 Å². The number of hydrogen-bond donors (Lipinski definition) is 0. The third-order valence-electron chi connectivity index (χ3n) is 6.52. The summed E-state index contributed by atoms with van der Waals surface area (Å²) in [6.45, 7) is 0.556. The maximum absolute atomic E-state index is 13.6. The van der Waals surface area contributed by atoms with E-state index in [0.717, 1.165) is 53.6 Å². The summed E-state index contributed by atoms with van der Waals surface area (Å²) in [7, 11) is 1.52. The number of carbonyl (C=O) groups is 1. The highest BCUT2D eigenvalue weighted by molar-refractivity contribution is 6.06. The van der Waals surface area contributed by atoms with Crippen molar-refractivity contribution in [2.45, 2.75) is 32.1 Å². The second-order valence-corrected chi connectivity index (χ2v) is 8.75. The molecule has 0 saturated carbocycles. The van der Waals surface area contributed by atoms with Crippen molar-refractivity contribution in [3.63, 3.8) is 0 Å². The van der Waals surface area contributed by atoms with Crippen molar-refractivity contribution < 1.29 is 22.7 Å². The molecule has 0 atom stereocenters. The lowest BCUT2D eigenvalue weighted by atomic mass is 10.00. The molecule has 4 aromatic rings. The van der Waals surface area contributed by atoms with Crippen LogP contribution in [0.15, 0.2) is 77.6 Å². The van der Waals surface area contributed by atoms with Crippen LogP contribution in [-0.2, 0) is 25.7 Å². The summed E-state index contributed by atoms with van der Waals surface area (Å²) in [4.78, 5) is 28.4. The Morgan fingerprint density at radius 2 is 1.75 bits per heavy atom. The summed E-state index contributed by atoms with van der Waals surface area (Å²) < 4.78 is 46.1.